The van der Waals surface area contributed by atoms with E-state index in [0.717, 1.165) is 97.1 Å². The monoisotopic (exact) mass is 1150 g/mol. The van der Waals surface area contributed by atoms with Crippen LogP contribution in [0.15, 0.2) is 36.5 Å². The second kappa shape index (κ2) is 28.6. The van der Waals surface area contributed by atoms with Gasteiger partial charge in [-0.2, -0.15) is 0 Å². The topological polar surface area (TPSA) is 122 Å². The van der Waals surface area contributed by atoms with Crippen molar-refractivity contribution in [2.24, 2.45) is 85.8 Å². The summed E-state index contributed by atoms with van der Waals surface area (Å²) in [6.07, 6.45) is 36.4. The van der Waals surface area contributed by atoms with Crippen molar-refractivity contribution in [2.45, 2.75) is 265 Å². The van der Waals surface area contributed by atoms with Crippen LogP contribution in [0, 0.1) is 85.8 Å². The normalized spacial score (nSPS) is 45.5. The Labute approximate surface area is 524 Å². The molecule has 18 atom stereocenters. The number of carbonyl (C=O) groups is 1. The van der Waals surface area contributed by atoms with Gasteiger partial charge in [0.05, 0.1) is 38.1 Å². The van der Waals surface area contributed by atoms with E-state index < -0.39 is 0 Å². The van der Waals surface area contributed by atoms with Crippen molar-refractivity contribution >= 4 is 14.7 Å². The molecule has 0 aromatic rings. The van der Waals surface area contributed by atoms with Gasteiger partial charge in [0.2, 0.25) is 0 Å². The third-order valence-electron chi connectivity index (χ3n) is 25.9. The van der Waals surface area contributed by atoms with Crippen molar-refractivity contribution in [3.05, 3.63) is 36.5 Å². The van der Waals surface area contributed by atoms with Crippen LogP contribution in [0.25, 0.3) is 0 Å². The SMILES string of the molecule is C1CCOC1.C=C1CCC2[C@]3(C)CO[C@@H](C4CCCC4)O[C@@H]3CC[C@@]2(C)[C@@H]1CC=O.C=C1CCC2[C@]3(C)CO[C@@H](C4CCCC4)O[C@@H]3CC[C@@]2(C)[C@@H]1CCO.C=C1CCC2[C@]3(C)CO[C@@H](C4CCCC4)O[C@@H]3CC[C@@]2(C)[C@@H]1CCO.[B].[H-].[Na+]. The summed E-state index contributed by atoms with van der Waals surface area (Å²) in [4.78, 5) is 11.3. The smallest absolute Gasteiger partial charge is 1.00 e. The van der Waals surface area contributed by atoms with Crippen molar-refractivity contribution < 1.29 is 79.1 Å². The Morgan fingerprint density at radius 1 is 0.463 bits per heavy atom. The predicted octanol–water partition coefficient (Wildman–Crippen LogP) is 11.8. The molecule has 0 aromatic heterocycles. The molecule has 2 N–H and O–H groups in total. The van der Waals surface area contributed by atoms with E-state index >= 15 is 0 Å². The molecule has 0 spiro atoms. The molecular weight excluding hydrogens is 1030 g/mol. The molecule has 459 valence electrons. The number of allylic oxidation sites excluding steroid dienone is 3. The fourth-order valence-corrected chi connectivity index (χ4v) is 21.3. The second-order valence-electron chi connectivity index (χ2n) is 30.3. The molecule has 12 heteroatoms. The number of ether oxygens (including phenoxy) is 7. The fourth-order valence-electron chi connectivity index (χ4n) is 21.3. The van der Waals surface area contributed by atoms with Gasteiger partial charge in [0, 0.05) is 75.3 Å². The molecule has 4 saturated heterocycles. The Hall–Kier alpha value is -0.405. The largest absolute Gasteiger partial charge is 1.00 e. The van der Waals surface area contributed by atoms with Gasteiger partial charge < -0.3 is 49.6 Å². The van der Waals surface area contributed by atoms with Crippen molar-refractivity contribution in [2.75, 3.05) is 46.2 Å². The number of hydrogen-bond acceptors (Lipinski definition) is 10. The van der Waals surface area contributed by atoms with Crippen molar-refractivity contribution in [1.82, 2.24) is 0 Å². The zero-order valence-corrected chi connectivity index (χ0v) is 55.1. The van der Waals surface area contributed by atoms with Gasteiger partial charge in [-0.05, 0) is 193 Å². The molecule has 0 bridgehead atoms. The number of carbonyl (C=O) groups excluding carboxylic acids is 1. The molecule has 4 heterocycles. The average Bonchev–Trinajstić information content (AvgIpc) is 4.47. The molecule has 3 radical (unpaired) electrons. The first-order chi connectivity index (χ1) is 38.5. The zero-order chi connectivity index (χ0) is 56.5. The number of hydrogen-bond donors (Lipinski definition) is 2. The summed E-state index contributed by atoms with van der Waals surface area (Å²) in [5.74, 6) is 4.82. The summed E-state index contributed by atoms with van der Waals surface area (Å²) in [7, 11) is 0. The minimum Gasteiger partial charge on any atom is -1.00 e. The Kier molecular flexibility index (Phi) is 23.6. The quantitative estimate of drug-likeness (QED) is 0.131. The Bertz CT molecular complexity index is 2010. The molecule has 9 saturated carbocycles. The summed E-state index contributed by atoms with van der Waals surface area (Å²) in [5.41, 5.74) is 4.92. The third kappa shape index (κ3) is 13.1. The Morgan fingerprint density at radius 3 is 1.05 bits per heavy atom. The van der Waals surface area contributed by atoms with Crippen LogP contribution in [0.2, 0.25) is 0 Å². The Morgan fingerprint density at radius 2 is 0.768 bits per heavy atom. The van der Waals surface area contributed by atoms with Gasteiger partial charge in [-0.3, -0.25) is 0 Å². The first-order valence-electron chi connectivity index (χ1n) is 33.5. The van der Waals surface area contributed by atoms with E-state index in [-0.39, 0.29) is 104 Å². The number of aliphatic hydroxyl groups is 2. The van der Waals surface area contributed by atoms with Gasteiger partial charge in [-0.15, -0.1) is 0 Å². The molecule has 3 unspecified atom stereocenters. The first-order valence-corrected chi connectivity index (χ1v) is 33.5. The van der Waals surface area contributed by atoms with Crippen molar-refractivity contribution in [1.29, 1.82) is 0 Å². The van der Waals surface area contributed by atoms with E-state index in [2.05, 4.69) is 61.3 Å². The second-order valence-corrected chi connectivity index (χ2v) is 30.3. The number of rotatable bonds is 9. The van der Waals surface area contributed by atoms with Gasteiger partial charge in [0.25, 0.3) is 0 Å². The molecule has 13 aliphatic rings. The third-order valence-corrected chi connectivity index (χ3v) is 25.9. The molecule has 0 aromatic carbocycles. The van der Waals surface area contributed by atoms with Crippen LogP contribution in [0.5, 0.6) is 0 Å². The minimum absolute atomic E-state index is 0. The molecular formula is C70H115BNaO10. The van der Waals surface area contributed by atoms with E-state index in [4.69, 9.17) is 33.2 Å². The minimum atomic E-state index is 0. The standard InChI is InChI=1S/2C22H36O3.C22H34O3.C4H8O.B.Na.H/c3*1-15-8-9-18-21(2,17(15)11-13-23)12-10-19-22(18,3)14-24-20(25-19)16-6-4-5-7-16;1-2-4-5-3-1;;;/h2*16-20,23H,1,4-14H2,2-3H3;13,16-20H,1,4-12,14H2,2-3H3;1-4H2;;;/q;;;;;+1;-1/t3*17-,18?,19-,20-,21+,22+;;;;/m111..../s1. The van der Waals surface area contributed by atoms with Gasteiger partial charge in [0.1, 0.15) is 6.29 Å². The van der Waals surface area contributed by atoms with Crippen LogP contribution < -0.4 is 29.6 Å². The first kappa shape index (κ1) is 67.5. The van der Waals surface area contributed by atoms with E-state index in [1.807, 2.05) is 0 Å². The van der Waals surface area contributed by atoms with E-state index in [9.17, 15) is 15.0 Å². The molecule has 13 rings (SSSR count). The predicted molar refractivity (Wildman–Crippen MR) is 323 cm³/mol. The summed E-state index contributed by atoms with van der Waals surface area (Å²) in [6.45, 7) is 32.6. The van der Waals surface area contributed by atoms with E-state index in [1.165, 1.54) is 139 Å². The Balaban J connectivity index is 0.000000168. The van der Waals surface area contributed by atoms with Gasteiger partial charge >= 0.3 is 29.6 Å². The zero-order valence-electron chi connectivity index (χ0n) is 54.1. The number of fused-ring (bicyclic) bond motifs is 9. The molecule has 13 fully saturated rings. The molecule has 9 aliphatic carbocycles. The number of aliphatic hydroxyl groups excluding tert-OH is 2. The summed E-state index contributed by atoms with van der Waals surface area (Å²) >= 11 is 0. The van der Waals surface area contributed by atoms with Crippen LogP contribution in [-0.4, -0.2) is 108 Å². The molecule has 82 heavy (non-hydrogen) atoms. The summed E-state index contributed by atoms with van der Waals surface area (Å²) in [5, 5.41) is 19.2. The van der Waals surface area contributed by atoms with E-state index in [1.54, 1.807) is 0 Å². The van der Waals surface area contributed by atoms with Crippen LogP contribution in [-0.2, 0) is 38.0 Å². The maximum atomic E-state index is 11.3. The molecule has 10 nitrogen and oxygen atoms in total. The maximum absolute atomic E-state index is 11.3. The van der Waals surface area contributed by atoms with Gasteiger partial charge in [0.15, 0.2) is 18.9 Å². The van der Waals surface area contributed by atoms with Crippen LogP contribution in [0.4, 0.5) is 0 Å². The summed E-state index contributed by atoms with van der Waals surface area (Å²) in [6, 6.07) is 0. The van der Waals surface area contributed by atoms with E-state index in [0.29, 0.717) is 78.0 Å². The van der Waals surface area contributed by atoms with Crippen LogP contribution in [0.1, 0.15) is 229 Å². The van der Waals surface area contributed by atoms with Gasteiger partial charge in [-0.25, -0.2) is 0 Å². The summed E-state index contributed by atoms with van der Waals surface area (Å²) < 4.78 is 43.8. The van der Waals surface area contributed by atoms with Crippen molar-refractivity contribution in [3.63, 3.8) is 0 Å². The van der Waals surface area contributed by atoms with Crippen LogP contribution in [0.3, 0.4) is 0 Å². The van der Waals surface area contributed by atoms with Gasteiger partial charge in [-0.1, -0.05) is 117 Å². The fraction of sp³-hybridized carbons (Fsp3) is 0.900. The van der Waals surface area contributed by atoms with Crippen molar-refractivity contribution in [3.8, 4) is 0 Å². The van der Waals surface area contributed by atoms with Crippen LogP contribution >= 0.6 is 0 Å². The molecule has 0 amide bonds. The molecule has 4 aliphatic heterocycles. The maximum Gasteiger partial charge on any atom is 1.00 e. The number of aldehydes is 1. The average molecular weight is 1150 g/mol.